The number of sulfone groups is 1. The largest absolute Gasteiger partial charge is 0.346 e. The predicted molar refractivity (Wildman–Crippen MR) is 53.7 cm³/mol. The number of nitrogens with one attached hydrogen (secondary N) is 3. The number of hydrogen-bond acceptors (Lipinski definition) is 5. The van der Waals surface area contributed by atoms with E-state index in [1.165, 1.54) is 0 Å². The fourth-order valence-electron chi connectivity index (χ4n) is 1.54. The van der Waals surface area contributed by atoms with Gasteiger partial charge in [0.2, 0.25) is 5.82 Å². The van der Waals surface area contributed by atoms with Crippen molar-refractivity contribution in [3.05, 3.63) is 16.3 Å². The lowest BCUT2D eigenvalue weighted by molar-refractivity contribution is 0.0931. The molecule has 9 heteroatoms. The van der Waals surface area contributed by atoms with Crippen LogP contribution in [0.15, 0.2) is 4.79 Å². The lowest BCUT2D eigenvalue weighted by atomic mass is 10.2. The molecular weight excluding hydrogens is 236 g/mol. The third kappa shape index (κ3) is 2.30. The molecule has 0 saturated carbocycles. The molecule has 0 aromatic carbocycles. The number of nitrogens with zero attached hydrogens (tertiary/aromatic N) is 1. The van der Waals surface area contributed by atoms with Crippen LogP contribution in [-0.2, 0) is 9.84 Å². The van der Waals surface area contributed by atoms with Crippen molar-refractivity contribution in [2.75, 3.05) is 11.5 Å². The van der Waals surface area contributed by atoms with Gasteiger partial charge in [0, 0.05) is 6.04 Å². The minimum atomic E-state index is -3.03. The second kappa shape index (κ2) is 3.74. The molecule has 1 unspecified atom stereocenters. The Bertz CT molecular complexity index is 557. The lowest BCUT2D eigenvalue weighted by Crippen LogP contribution is -2.36. The van der Waals surface area contributed by atoms with Gasteiger partial charge in [-0.3, -0.25) is 9.78 Å². The quantitative estimate of drug-likeness (QED) is 0.557. The average molecular weight is 246 g/mol. The first-order chi connectivity index (χ1) is 7.46. The van der Waals surface area contributed by atoms with Gasteiger partial charge in [0.25, 0.3) is 5.91 Å². The Hall–Kier alpha value is -1.64. The summed E-state index contributed by atoms with van der Waals surface area (Å²) in [7, 11) is -3.03. The summed E-state index contributed by atoms with van der Waals surface area (Å²) in [6.07, 6.45) is 0.392. The van der Waals surface area contributed by atoms with E-state index < -0.39 is 27.5 Å². The maximum atomic E-state index is 11.5. The molecule has 16 heavy (non-hydrogen) atoms. The van der Waals surface area contributed by atoms with Gasteiger partial charge in [0.15, 0.2) is 9.84 Å². The number of aromatic amines is 2. The summed E-state index contributed by atoms with van der Waals surface area (Å²) in [5, 5.41) is 7.98. The zero-order valence-corrected chi connectivity index (χ0v) is 9.00. The van der Waals surface area contributed by atoms with Crippen molar-refractivity contribution in [1.82, 2.24) is 20.5 Å². The molecule has 3 N–H and O–H groups in total. The number of hydrogen-bond donors (Lipinski definition) is 3. The van der Waals surface area contributed by atoms with E-state index in [-0.39, 0.29) is 17.3 Å². The molecular formula is C7H10N4O4S. The molecule has 1 saturated heterocycles. The maximum Gasteiger partial charge on any atom is 0.341 e. The van der Waals surface area contributed by atoms with Gasteiger partial charge in [0.05, 0.1) is 11.5 Å². The Balaban J connectivity index is 2.01. The molecule has 1 aliphatic heterocycles. The van der Waals surface area contributed by atoms with Gasteiger partial charge >= 0.3 is 5.69 Å². The van der Waals surface area contributed by atoms with Crippen LogP contribution in [0.5, 0.6) is 0 Å². The molecule has 8 nitrogen and oxygen atoms in total. The van der Waals surface area contributed by atoms with Gasteiger partial charge in [-0.25, -0.2) is 18.3 Å². The van der Waals surface area contributed by atoms with E-state index in [0.717, 1.165) is 0 Å². The van der Waals surface area contributed by atoms with Crippen molar-refractivity contribution in [3.8, 4) is 0 Å². The summed E-state index contributed by atoms with van der Waals surface area (Å²) in [4.78, 5) is 24.3. The molecule has 0 spiro atoms. The normalized spacial score (nSPS) is 23.1. The Labute approximate surface area is 90.4 Å². The maximum absolute atomic E-state index is 11.5. The third-order valence-electron chi connectivity index (χ3n) is 2.28. The summed E-state index contributed by atoms with van der Waals surface area (Å²) in [5.41, 5.74) is -0.579. The summed E-state index contributed by atoms with van der Waals surface area (Å²) >= 11 is 0. The highest BCUT2D eigenvalue weighted by Gasteiger charge is 2.29. The first-order valence-electron chi connectivity index (χ1n) is 4.62. The van der Waals surface area contributed by atoms with E-state index in [1.807, 2.05) is 0 Å². The summed E-state index contributed by atoms with van der Waals surface area (Å²) in [6, 6.07) is -0.405. The molecule has 2 rings (SSSR count). The average Bonchev–Trinajstić information content (AvgIpc) is 2.73. The molecule has 1 aliphatic rings. The standard InChI is InChI=1S/C7H10N4O4S/c12-6(5-9-7(13)11-10-5)8-4-1-2-16(14,15)3-4/h4H,1-3H2,(H,8,12)(H2,9,10,11,13). The fourth-order valence-corrected chi connectivity index (χ4v) is 3.21. The minimum absolute atomic E-state index is 0.0621. The molecule has 0 aliphatic carbocycles. The van der Waals surface area contributed by atoms with Crippen molar-refractivity contribution in [3.63, 3.8) is 0 Å². The molecule has 1 amide bonds. The van der Waals surface area contributed by atoms with Gasteiger partial charge in [0.1, 0.15) is 0 Å². The number of carbonyl (C=O) groups is 1. The Morgan fingerprint density at radius 3 is 2.75 bits per heavy atom. The fraction of sp³-hybridized carbons (Fsp3) is 0.571. The summed E-state index contributed by atoms with van der Waals surface area (Å²) in [5.74, 6) is -0.711. The second-order valence-corrected chi connectivity index (χ2v) is 5.83. The smallest absolute Gasteiger partial charge is 0.341 e. The Morgan fingerprint density at radius 2 is 2.25 bits per heavy atom. The molecule has 1 aromatic rings. The molecule has 1 fully saturated rings. The molecule has 0 bridgehead atoms. The first-order valence-corrected chi connectivity index (χ1v) is 6.44. The van der Waals surface area contributed by atoms with Crippen molar-refractivity contribution in [2.24, 2.45) is 0 Å². The van der Waals surface area contributed by atoms with Crippen LogP contribution in [0.4, 0.5) is 0 Å². The third-order valence-corrected chi connectivity index (χ3v) is 4.05. The van der Waals surface area contributed by atoms with Gasteiger partial charge in [-0.15, -0.1) is 5.10 Å². The number of amides is 1. The highest BCUT2D eigenvalue weighted by atomic mass is 32.2. The van der Waals surface area contributed by atoms with Crippen molar-refractivity contribution in [1.29, 1.82) is 0 Å². The number of rotatable bonds is 2. The van der Waals surface area contributed by atoms with Crippen molar-refractivity contribution in [2.45, 2.75) is 12.5 Å². The summed E-state index contributed by atoms with van der Waals surface area (Å²) in [6.45, 7) is 0. The summed E-state index contributed by atoms with van der Waals surface area (Å²) < 4.78 is 22.3. The monoisotopic (exact) mass is 246 g/mol. The lowest BCUT2D eigenvalue weighted by Gasteiger charge is -2.08. The van der Waals surface area contributed by atoms with Crippen LogP contribution in [0, 0.1) is 0 Å². The molecule has 1 aromatic heterocycles. The van der Waals surface area contributed by atoms with E-state index >= 15 is 0 Å². The van der Waals surface area contributed by atoms with E-state index in [2.05, 4.69) is 20.5 Å². The molecule has 88 valence electrons. The van der Waals surface area contributed by atoms with E-state index in [1.54, 1.807) is 0 Å². The van der Waals surface area contributed by atoms with Gasteiger partial charge in [-0.1, -0.05) is 0 Å². The van der Waals surface area contributed by atoms with Gasteiger partial charge < -0.3 is 5.32 Å². The second-order valence-electron chi connectivity index (χ2n) is 3.60. The van der Waals surface area contributed by atoms with Crippen LogP contribution in [0.25, 0.3) is 0 Å². The van der Waals surface area contributed by atoms with Crippen LogP contribution in [0.1, 0.15) is 17.0 Å². The Morgan fingerprint density at radius 1 is 1.50 bits per heavy atom. The SMILES string of the molecule is O=C(NC1CCS(=O)(=O)C1)c1n[nH]c(=O)[nH]1. The minimum Gasteiger partial charge on any atom is -0.346 e. The zero-order chi connectivity index (χ0) is 11.8. The van der Waals surface area contributed by atoms with Gasteiger partial charge in [-0.05, 0) is 6.42 Å². The van der Waals surface area contributed by atoms with Gasteiger partial charge in [-0.2, -0.15) is 0 Å². The highest BCUT2D eigenvalue weighted by molar-refractivity contribution is 7.91. The van der Waals surface area contributed by atoms with E-state index in [0.29, 0.717) is 6.42 Å². The molecule has 0 radical (unpaired) electrons. The van der Waals surface area contributed by atoms with E-state index in [9.17, 15) is 18.0 Å². The zero-order valence-electron chi connectivity index (χ0n) is 8.19. The number of H-pyrrole nitrogens is 2. The van der Waals surface area contributed by atoms with Crippen LogP contribution < -0.4 is 11.0 Å². The van der Waals surface area contributed by atoms with Crippen molar-refractivity contribution >= 4 is 15.7 Å². The first kappa shape index (κ1) is 10.9. The van der Waals surface area contributed by atoms with E-state index in [4.69, 9.17) is 0 Å². The molecule has 2 heterocycles. The van der Waals surface area contributed by atoms with Crippen LogP contribution in [0.3, 0.4) is 0 Å². The van der Waals surface area contributed by atoms with Crippen molar-refractivity contribution < 1.29 is 13.2 Å². The topological polar surface area (TPSA) is 125 Å². The van der Waals surface area contributed by atoms with Crippen LogP contribution in [0.2, 0.25) is 0 Å². The predicted octanol–water partition coefficient (Wildman–Crippen LogP) is -1.99. The number of carbonyl (C=O) groups excluding carboxylic acids is 1. The van der Waals surface area contributed by atoms with Crippen LogP contribution >= 0.6 is 0 Å². The highest BCUT2D eigenvalue weighted by Crippen LogP contribution is 2.11. The number of aromatic nitrogens is 3. The van der Waals surface area contributed by atoms with Crippen LogP contribution in [-0.4, -0.2) is 47.1 Å². The molecule has 1 atom stereocenters. The Kier molecular flexibility index (Phi) is 2.54.